The van der Waals surface area contributed by atoms with Crippen LogP contribution in [0.1, 0.15) is 42.9 Å². The Morgan fingerprint density at radius 1 is 1.38 bits per heavy atom. The molecular formula is C15H19N3O3. The summed E-state index contributed by atoms with van der Waals surface area (Å²) in [6, 6.07) is 5.13. The number of hydrogen-bond donors (Lipinski definition) is 2. The number of nitrogens with zero attached hydrogens (tertiary/aromatic N) is 2. The molecule has 6 nitrogen and oxygen atoms in total. The van der Waals surface area contributed by atoms with Gasteiger partial charge in [-0.25, -0.2) is 9.78 Å². The highest BCUT2D eigenvalue weighted by Gasteiger charge is 2.18. The molecule has 0 bridgehead atoms. The molecule has 2 aromatic rings. The lowest BCUT2D eigenvalue weighted by Crippen LogP contribution is -2.25. The van der Waals surface area contributed by atoms with Gasteiger partial charge in [0, 0.05) is 25.9 Å². The molecule has 0 radical (unpaired) electrons. The lowest BCUT2D eigenvalue weighted by molar-refractivity contribution is -0.118. The molecule has 6 heteroatoms. The van der Waals surface area contributed by atoms with E-state index in [1.807, 2.05) is 24.5 Å². The number of fused-ring (bicyclic) bond motifs is 1. The number of benzene rings is 1. The van der Waals surface area contributed by atoms with Crippen LogP contribution in [0.15, 0.2) is 18.2 Å². The summed E-state index contributed by atoms with van der Waals surface area (Å²) in [6.45, 7) is 6.54. The Hall–Kier alpha value is -2.37. The molecule has 0 unspecified atom stereocenters. The van der Waals surface area contributed by atoms with Crippen LogP contribution >= 0.6 is 0 Å². The van der Waals surface area contributed by atoms with E-state index in [0.717, 1.165) is 11.3 Å². The average Bonchev–Trinajstić information content (AvgIpc) is 2.77. The minimum Gasteiger partial charge on any atom is -0.478 e. The second kappa shape index (κ2) is 5.95. The predicted molar refractivity (Wildman–Crippen MR) is 79.5 cm³/mol. The molecule has 0 saturated heterocycles. The van der Waals surface area contributed by atoms with Gasteiger partial charge in [-0.15, -0.1) is 0 Å². The number of imidazole rings is 1. The number of carboxylic acids is 1. The van der Waals surface area contributed by atoms with Crippen molar-refractivity contribution in [2.75, 3.05) is 6.54 Å². The van der Waals surface area contributed by atoms with Gasteiger partial charge in [-0.3, -0.25) is 4.79 Å². The molecule has 0 aliphatic carbocycles. The molecule has 1 heterocycles. The largest absolute Gasteiger partial charge is 0.478 e. The zero-order valence-electron chi connectivity index (χ0n) is 12.4. The zero-order chi connectivity index (χ0) is 15.6. The Morgan fingerprint density at radius 2 is 2.10 bits per heavy atom. The lowest BCUT2D eigenvalue weighted by atomic mass is 10.2. The predicted octanol–water partition coefficient (Wildman–Crippen LogP) is 1.99. The number of carbonyl (C=O) groups excluding carboxylic acids is 1. The van der Waals surface area contributed by atoms with Crippen molar-refractivity contribution in [3.8, 4) is 0 Å². The summed E-state index contributed by atoms with van der Waals surface area (Å²) in [4.78, 5) is 26.8. The maximum Gasteiger partial charge on any atom is 0.337 e. The van der Waals surface area contributed by atoms with E-state index in [2.05, 4.69) is 10.3 Å². The Balaban J connectivity index is 2.50. The van der Waals surface area contributed by atoms with Gasteiger partial charge in [0.15, 0.2) is 0 Å². The fourth-order valence-electron chi connectivity index (χ4n) is 2.36. The van der Waals surface area contributed by atoms with Crippen LogP contribution in [0.25, 0.3) is 11.0 Å². The van der Waals surface area contributed by atoms with E-state index in [4.69, 9.17) is 0 Å². The van der Waals surface area contributed by atoms with Crippen molar-refractivity contribution in [2.24, 2.45) is 0 Å². The molecule has 1 aromatic carbocycles. The number of nitrogens with one attached hydrogen (secondary N) is 1. The first-order chi connectivity index (χ1) is 9.91. The number of aromatic carboxylic acids is 1. The van der Waals surface area contributed by atoms with E-state index in [1.54, 1.807) is 12.1 Å². The van der Waals surface area contributed by atoms with Gasteiger partial charge in [-0.05, 0) is 12.1 Å². The summed E-state index contributed by atoms with van der Waals surface area (Å²) in [7, 11) is 0. The summed E-state index contributed by atoms with van der Waals surface area (Å²) in [5, 5.41) is 12.0. The number of carboxylic acid groups (broad SMARTS) is 1. The number of amides is 1. The fourth-order valence-corrected chi connectivity index (χ4v) is 2.36. The standard InChI is InChI=1S/C15H19N3O3/c1-9(2)14-17-13-11(15(20)21)5-4-6-12(13)18(14)8-7-16-10(3)19/h4-6,9H,7-8H2,1-3H3,(H,16,19)(H,20,21). The molecule has 0 fully saturated rings. The molecule has 1 amide bonds. The van der Waals surface area contributed by atoms with Gasteiger partial charge in [-0.1, -0.05) is 19.9 Å². The maximum atomic E-state index is 11.3. The molecule has 0 atom stereocenters. The first-order valence-electron chi connectivity index (χ1n) is 6.88. The van der Waals surface area contributed by atoms with Crippen LogP contribution in [0.3, 0.4) is 0 Å². The van der Waals surface area contributed by atoms with Crippen LogP contribution in [-0.2, 0) is 11.3 Å². The molecule has 2 N–H and O–H groups in total. The molecule has 0 aliphatic heterocycles. The van der Waals surface area contributed by atoms with E-state index in [9.17, 15) is 14.7 Å². The molecule has 112 valence electrons. The second-order valence-corrected chi connectivity index (χ2v) is 5.24. The molecular weight excluding hydrogens is 270 g/mol. The van der Waals surface area contributed by atoms with Gasteiger partial charge in [0.1, 0.15) is 11.3 Å². The lowest BCUT2D eigenvalue weighted by Gasteiger charge is -2.11. The van der Waals surface area contributed by atoms with Gasteiger partial charge in [0.2, 0.25) is 5.91 Å². The summed E-state index contributed by atoms with van der Waals surface area (Å²) in [6.07, 6.45) is 0. The van der Waals surface area contributed by atoms with Crippen molar-refractivity contribution in [2.45, 2.75) is 33.2 Å². The second-order valence-electron chi connectivity index (χ2n) is 5.24. The third-order valence-electron chi connectivity index (χ3n) is 3.26. The number of rotatable bonds is 5. The van der Waals surface area contributed by atoms with Crippen molar-refractivity contribution in [3.63, 3.8) is 0 Å². The van der Waals surface area contributed by atoms with Crippen LogP contribution in [0, 0.1) is 0 Å². The van der Waals surface area contributed by atoms with Crippen LogP contribution in [0.5, 0.6) is 0 Å². The molecule has 0 spiro atoms. The highest BCUT2D eigenvalue weighted by atomic mass is 16.4. The van der Waals surface area contributed by atoms with Crippen molar-refractivity contribution < 1.29 is 14.7 Å². The first kappa shape index (κ1) is 15.0. The Bertz CT molecular complexity index is 689. The number of para-hydroxylation sites is 1. The Morgan fingerprint density at radius 3 is 2.67 bits per heavy atom. The number of hydrogen-bond acceptors (Lipinski definition) is 3. The number of aromatic nitrogens is 2. The first-order valence-corrected chi connectivity index (χ1v) is 6.88. The average molecular weight is 289 g/mol. The normalized spacial score (nSPS) is 11.0. The van der Waals surface area contributed by atoms with Crippen LogP contribution in [0.4, 0.5) is 0 Å². The van der Waals surface area contributed by atoms with E-state index in [-0.39, 0.29) is 17.4 Å². The smallest absolute Gasteiger partial charge is 0.337 e. The summed E-state index contributed by atoms with van der Waals surface area (Å²) < 4.78 is 1.97. The monoisotopic (exact) mass is 289 g/mol. The van der Waals surface area contributed by atoms with Crippen LogP contribution in [-0.4, -0.2) is 33.1 Å². The highest BCUT2D eigenvalue weighted by Crippen LogP contribution is 2.24. The fraction of sp³-hybridized carbons (Fsp3) is 0.400. The van der Waals surface area contributed by atoms with E-state index >= 15 is 0 Å². The number of carbonyl (C=O) groups is 2. The van der Waals surface area contributed by atoms with Crippen molar-refractivity contribution in [1.29, 1.82) is 0 Å². The highest BCUT2D eigenvalue weighted by molar-refractivity contribution is 6.01. The third kappa shape index (κ3) is 3.04. The Kier molecular flexibility index (Phi) is 4.26. The Labute approximate surface area is 122 Å². The molecule has 21 heavy (non-hydrogen) atoms. The topological polar surface area (TPSA) is 84.2 Å². The van der Waals surface area contributed by atoms with Gasteiger partial charge < -0.3 is 15.0 Å². The SMILES string of the molecule is CC(=O)NCCn1c(C(C)C)nc2c(C(=O)O)cccc21. The van der Waals surface area contributed by atoms with E-state index in [1.165, 1.54) is 6.92 Å². The minimum absolute atomic E-state index is 0.0863. The molecule has 1 aromatic heterocycles. The van der Waals surface area contributed by atoms with Gasteiger partial charge in [-0.2, -0.15) is 0 Å². The third-order valence-corrected chi connectivity index (χ3v) is 3.26. The summed E-state index contributed by atoms with van der Waals surface area (Å²) >= 11 is 0. The quantitative estimate of drug-likeness (QED) is 0.881. The van der Waals surface area contributed by atoms with Crippen LogP contribution in [0.2, 0.25) is 0 Å². The van der Waals surface area contributed by atoms with Crippen molar-refractivity contribution >= 4 is 22.9 Å². The molecule has 0 saturated carbocycles. The van der Waals surface area contributed by atoms with Crippen LogP contribution < -0.4 is 5.32 Å². The van der Waals surface area contributed by atoms with Gasteiger partial charge >= 0.3 is 5.97 Å². The summed E-state index contributed by atoms with van der Waals surface area (Å²) in [5.41, 5.74) is 1.48. The van der Waals surface area contributed by atoms with E-state index in [0.29, 0.717) is 18.6 Å². The minimum atomic E-state index is -0.984. The van der Waals surface area contributed by atoms with Crippen molar-refractivity contribution in [3.05, 3.63) is 29.6 Å². The summed E-state index contributed by atoms with van der Waals surface area (Å²) in [5.74, 6) is -0.0837. The maximum absolute atomic E-state index is 11.3. The van der Waals surface area contributed by atoms with Gasteiger partial charge in [0.25, 0.3) is 0 Å². The van der Waals surface area contributed by atoms with Gasteiger partial charge in [0.05, 0.1) is 11.1 Å². The zero-order valence-corrected chi connectivity index (χ0v) is 12.4. The van der Waals surface area contributed by atoms with E-state index < -0.39 is 5.97 Å². The van der Waals surface area contributed by atoms with Crippen molar-refractivity contribution in [1.82, 2.24) is 14.9 Å². The molecule has 2 rings (SSSR count). The molecule has 0 aliphatic rings.